The van der Waals surface area contributed by atoms with Crippen molar-refractivity contribution in [3.63, 3.8) is 0 Å². The summed E-state index contributed by atoms with van der Waals surface area (Å²) < 4.78 is 0. The number of hydrogen-bond donors (Lipinski definition) is 2. The Balaban J connectivity index is 2.72. The maximum absolute atomic E-state index is 11.2. The molecule has 0 aromatic heterocycles. The van der Waals surface area contributed by atoms with E-state index >= 15 is 0 Å². The highest BCUT2D eigenvalue weighted by molar-refractivity contribution is 5.98. The SMILES string of the molecule is CCC(=O)Nc1ccc(C(=O)CN)cc1. The van der Waals surface area contributed by atoms with E-state index in [0.717, 1.165) is 0 Å². The Morgan fingerprint density at radius 3 is 2.33 bits per heavy atom. The van der Waals surface area contributed by atoms with Gasteiger partial charge >= 0.3 is 0 Å². The summed E-state index contributed by atoms with van der Waals surface area (Å²) >= 11 is 0. The Morgan fingerprint density at radius 1 is 1.27 bits per heavy atom. The zero-order chi connectivity index (χ0) is 11.3. The van der Waals surface area contributed by atoms with E-state index in [2.05, 4.69) is 5.32 Å². The van der Waals surface area contributed by atoms with E-state index in [1.54, 1.807) is 31.2 Å². The van der Waals surface area contributed by atoms with Crippen LogP contribution in [0.1, 0.15) is 23.7 Å². The fourth-order valence-electron chi connectivity index (χ4n) is 1.11. The van der Waals surface area contributed by atoms with E-state index < -0.39 is 0 Å². The van der Waals surface area contributed by atoms with Crippen molar-refractivity contribution in [2.24, 2.45) is 5.73 Å². The second-order valence-corrected chi connectivity index (χ2v) is 3.11. The van der Waals surface area contributed by atoms with Gasteiger partial charge in [-0.1, -0.05) is 6.92 Å². The van der Waals surface area contributed by atoms with Crippen LogP contribution in [0.15, 0.2) is 24.3 Å². The van der Waals surface area contributed by atoms with Gasteiger partial charge in [-0.05, 0) is 24.3 Å². The van der Waals surface area contributed by atoms with Gasteiger partial charge in [0.25, 0.3) is 0 Å². The van der Waals surface area contributed by atoms with Crippen LogP contribution in [-0.4, -0.2) is 18.2 Å². The van der Waals surface area contributed by atoms with E-state index in [1.807, 2.05) is 0 Å². The van der Waals surface area contributed by atoms with E-state index in [9.17, 15) is 9.59 Å². The molecule has 0 atom stereocenters. The lowest BCUT2D eigenvalue weighted by Gasteiger charge is -2.04. The lowest BCUT2D eigenvalue weighted by molar-refractivity contribution is -0.115. The summed E-state index contributed by atoms with van der Waals surface area (Å²) in [6.07, 6.45) is 0.434. The molecule has 0 heterocycles. The van der Waals surface area contributed by atoms with Crippen molar-refractivity contribution < 1.29 is 9.59 Å². The Morgan fingerprint density at radius 2 is 1.87 bits per heavy atom. The van der Waals surface area contributed by atoms with Crippen LogP contribution in [0.25, 0.3) is 0 Å². The lowest BCUT2D eigenvalue weighted by atomic mass is 10.1. The van der Waals surface area contributed by atoms with Crippen molar-refractivity contribution in [2.45, 2.75) is 13.3 Å². The molecule has 0 unspecified atom stereocenters. The second kappa shape index (κ2) is 5.26. The number of amides is 1. The molecule has 0 spiro atoms. The minimum absolute atomic E-state index is 0.000661. The molecule has 1 aromatic carbocycles. The van der Waals surface area contributed by atoms with Gasteiger partial charge in [0.2, 0.25) is 5.91 Å². The van der Waals surface area contributed by atoms with Crippen molar-refractivity contribution in [2.75, 3.05) is 11.9 Å². The smallest absolute Gasteiger partial charge is 0.224 e. The molecule has 0 aliphatic rings. The van der Waals surface area contributed by atoms with Gasteiger partial charge in [0, 0.05) is 17.7 Å². The zero-order valence-electron chi connectivity index (χ0n) is 8.62. The van der Waals surface area contributed by atoms with Gasteiger partial charge in [-0.25, -0.2) is 0 Å². The van der Waals surface area contributed by atoms with Crippen molar-refractivity contribution in [1.82, 2.24) is 0 Å². The van der Waals surface area contributed by atoms with E-state index in [-0.39, 0.29) is 18.2 Å². The number of ketones is 1. The third-order valence-corrected chi connectivity index (χ3v) is 2.00. The highest BCUT2D eigenvalue weighted by Gasteiger charge is 2.03. The van der Waals surface area contributed by atoms with Gasteiger partial charge in [0.15, 0.2) is 5.78 Å². The summed E-state index contributed by atoms with van der Waals surface area (Å²) in [6.45, 7) is 1.78. The number of nitrogens with one attached hydrogen (secondary N) is 1. The average Bonchev–Trinajstić information content (AvgIpc) is 2.29. The van der Waals surface area contributed by atoms with Crippen LogP contribution in [0.3, 0.4) is 0 Å². The quantitative estimate of drug-likeness (QED) is 0.726. The third kappa shape index (κ3) is 3.18. The molecule has 3 N–H and O–H groups in total. The molecule has 1 aromatic rings. The van der Waals surface area contributed by atoms with Crippen LogP contribution in [0.5, 0.6) is 0 Å². The monoisotopic (exact) mass is 206 g/mol. The van der Waals surface area contributed by atoms with Crippen LogP contribution < -0.4 is 11.1 Å². The standard InChI is InChI=1S/C11H14N2O2/c1-2-11(15)13-9-5-3-8(4-6-9)10(14)7-12/h3-6H,2,7,12H2,1H3,(H,13,15). The first-order chi connectivity index (χ1) is 7.17. The third-order valence-electron chi connectivity index (χ3n) is 2.00. The number of anilines is 1. The van der Waals surface area contributed by atoms with Crippen LogP contribution in [0.2, 0.25) is 0 Å². The first-order valence-electron chi connectivity index (χ1n) is 4.80. The van der Waals surface area contributed by atoms with Crippen molar-refractivity contribution in [3.8, 4) is 0 Å². The molecule has 0 aliphatic heterocycles. The van der Waals surface area contributed by atoms with Crippen molar-refractivity contribution in [1.29, 1.82) is 0 Å². The Kier molecular flexibility index (Phi) is 4.00. The Hall–Kier alpha value is -1.68. The molecule has 4 nitrogen and oxygen atoms in total. The van der Waals surface area contributed by atoms with Crippen molar-refractivity contribution in [3.05, 3.63) is 29.8 Å². The van der Waals surface area contributed by atoms with E-state index in [1.165, 1.54) is 0 Å². The predicted octanol–water partition coefficient (Wildman–Crippen LogP) is 1.18. The maximum Gasteiger partial charge on any atom is 0.224 e. The fraction of sp³-hybridized carbons (Fsp3) is 0.273. The molecule has 0 saturated carbocycles. The summed E-state index contributed by atoms with van der Waals surface area (Å²) in [5.41, 5.74) is 6.48. The van der Waals surface area contributed by atoms with Crippen molar-refractivity contribution >= 4 is 17.4 Å². The molecule has 0 bridgehead atoms. The number of nitrogens with two attached hydrogens (primary N) is 1. The Bertz CT molecular complexity index is 357. The fourth-order valence-corrected chi connectivity index (χ4v) is 1.11. The number of Topliss-reactive ketones (excluding diaryl/α,β-unsaturated/α-hetero) is 1. The highest BCUT2D eigenvalue weighted by atomic mass is 16.1. The number of carbonyl (C=O) groups excluding carboxylic acids is 2. The molecule has 0 aliphatic carbocycles. The van der Waals surface area contributed by atoms with Gasteiger partial charge in [-0.15, -0.1) is 0 Å². The van der Waals surface area contributed by atoms with Gasteiger partial charge < -0.3 is 11.1 Å². The molecule has 0 saturated heterocycles. The van der Waals surface area contributed by atoms with Crippen LogP contribution in [0.4, 0.5) is 5.69 Å². The molecule has 80 valence electrons. The summed E-state index contributed by atoms with van der Waals surface area (Å²) in [5.74, 6) is -0.156. The summed E-state index contributed by atoms with van der Waals surface area (Å²) in [7, 11) is 0. The van der Waals surface area contributed by atoms with Crippen LogP contribution in [-0.2, 0) is 4.79 Å². The second-order valence-electron chi connectivity index (χ2n) is 3.11. The lowest BCUT2D eigenvalue weighted by Crippen LogP contribution is -2.14. The molecular weight excluding hydrogens is 192 g/mol. The average molecular weight is 206 g/mol. The first-order valence-corrected chi connectivity index (χ1v) is 4.80. The van der Waals surface area contributed by atoms with Crippen LogP contribution in [0, 0.1) is 0 Å². The van der Waals surface area contributed by atoms with Crippen LogP contribution >= 0.6 is 0 Å². The number of benzene rings is 1. The number of carbonyl (C=O) groups is 2. The summed E-state index contributed by atoms with van der Waals surface area (Å²) in [4.78, 5) is 22.2. The molecule has 1 rings (SSSR count). The van der Waals surface area contributed by atoms with E-state index in [0.29, 0.717) is 17.7 Å². The normalized spacial score (nSPS) is 9.73. The molecule has 1 amide bonds. The Labute approximate surface area is 88.5 Å². The predicted molar refractivity (Wildman–Crippen MR) is 58.7 cm³/mol. The largest absolute Gasteiger partial charge is 0.326 e. The van der Waals surface area contributed by atoms with Gasteiger partial charge in [-0.3, -0.25) is 9.59 Å². The van der Waals surface area contributed by atoms with Gasteiger partial charge in [0.05, 0.1) is 6.54 Å². The zero-order valence-corrected chi connectivity index (χ0v) is 8.62. The summed E-state index contributed by atoms with van der Waals surface area (Å²) in [5, 5.41) is 2.69. The summed E-state index contributed by atoms with van der Waals surface area (Å²) in [6, 6.07) is 6.69. The van der Waals surface area contributed by atoms with Gasteiger partial charge in [0.1, 0.15) is 0 Å². The molecule has 15 heavy (non-hydrogen) atoms. The van der Waals surface area contributed by atoms with E-state index in [4.69, 9.17) is 5.73 Å². The highest BCUT2D eigenvalue weighted by Crippen LogP contribution is 2.10. The molecule has 0 radical (unpaired) electrons. The molecule has 4 heteroatoms. The topological polar surface area (TPSA) is 72.2 Å². The minimum atomic E-state index is -0.108. The molecule has 0 fully saturated rings. The molecular formula is C11H14N2O2. The number of rotatable bonds is 4. The first kappa shape index (κ1) is 11.4. The maximum atomic E-state index is 11.2. The van der Waals surface area contributed by atoms with Gasteiger partial charge in [-0.2, -0.15) is 0 Å². The minimum Gasteiger partial charge on any atom is -0.326 e. The number of hydrogen-bond acceptors (Lipinski definition) is 3.